The monoisotopic (exact) mass is 432 g/mol. The van der Waals surface area contributed by atoms with Crippen molar-refractivity contribution in [3.05, 3.63) is 59.8 Å². The Bertz CT molecular complexity index is 1100. The molecule has 136 valence electrons. The second-order valence-electron chi connectivity index (χ2n) is 5.11. The molecule has 3 aromatic rings. The minimum absolute atomic E-state index is 0. The van der Waals surface area contributed by atoms with Crippen LogP contribution in [-0.2, 0) is 27.1 Å². The van der Waals surface area contributed by atoms with Gasteiger partial charge in [0.2, 0.25) is 0 Å². The molecule has 1 N–H and O–H groups in total. The van der Waals surface area contributed by atoms with Gasteiger partial charge in [-0.2, -0.15) is 5.26 Å². The van der Waals surface area contributed by atoms with E-state index in [1.165, 1.54) is 11.3 Å². The standard InChI is InChI=1S/C16H13N3O2S2.CN.Cu/c1-10-4-3-5-15(18-10)19-23(20,21)16-11(2)13-8-12(9-17)6-7-14(13)22-16;1-2;/h3-8H,1-2H3,(H,18,19);;/q;-1;+1. The summed E-state index contributed by atoms with van der Waals surface area (Å²) in [4.78, 5) is 4.17. The van der Waals surface area contributed by atoms with Gasteiger partial charge in [0.15, 0.2) is 0 Å². The third kappa shape index (κ3) is 4.40. The SMILES string of the molecule is Cc1cccc(NS(=O)(=O)c2sc3ccc(C#N)cc3c2C)n1.[C-]#N.[Cu+]. The van der Waals surface area contributed by atoms with Crippen molar-refractivity contribution >= 4 is 37.3 Å². The molecule has 0 fully saturated rings. The molecule has 0 aliphatic heterocycles. The Morgan fingerprint density at radius 2 is 1.88 bits per heavy atom. The van der Waals surface area contributed by atoms with Gasteiger partial charge in [-0.15, -0.1) is 11.3 Å². The Kier molecular flexibility index (Phi) is 7.31. The van der Waals surface area contributed by atoms with Crippen molar-refractivity contribution in [2.75, 3.05) is 4.72 Å². The zero-order valence-electron chi connectivity index (χ0n) is 13.7. The van der Waals surface area contributed by atoms with Gasteiger partial charge in [-0.1, -0.05) is 6.07 Å². The number of benzene rings is 1. The average molecular weight is 433 g/mol. The molecule has 2 heterocycles. The van der Waals surface area contributed by atoms with Crippen molar-refractivity contribution in [1.82, 2.24) is 4.98 Å². The molecule has 0 atom stereocenters. The van der Waals surface area contributed by atoms with Crippen LogP contribution in [0.4, 0.5) is 5.82 Å². The molecule has 0 aliphatic carbocycles. The third-order valence-corrected chi connectivity index (χ3v) is 6.64. The zero-order valence-corrected chi connectivity index (χ0v) is 16.3. The summed E-state index contributed by atoms with van der Waals surface area (Å²) in [5, 5.41) is 16.0. The maximum Gasteiger partial charge on any atom is 1.00 e. The Balaban J connectivity index is 0.00000109. The van der Waals surface area contributed by atoms with Gasteiger partial charge in [-0.25, -0.2) is 13.4 Å². The van der Waals surface area contributed by atoms with E-state index < -0.39 is 10.0 Å². The molecule has 0 spiro atoms. The number of thiophene rings is 1. The van der Waals surface area contributed by atoms with Crippen LogP contribution < -0.4 is 4.72 Å². The number of aromatic nitrogens is 1. The molecule has 0 radical (unpaired) electrons. The van der Waals surface area contributed by atoms with Gasteiger partial charge in [0.1, 0.15) is 10.0 Å². The fourth-order valence-electron chi connectivity index (χ4n) is 2.31. The van der Waals surface area contributed by atoms with E-state index in [0.717, 1.165) is 15.8 Å². The van der Waals surface area contributed by atoms with E-state index in [-0.39, 0.29) is 21.3 Å². The maximum atomic E-state index is 12.7. The van der Waals surface area contributed by atoms with E-state index >= 15 is 0 Å². The second-order valence-corrected chi connectivity index (χ2v) is 8.04. The molecule has 2 aromatic heterocycles. The fourth-order valence-corrected chi connectivity index (χ4v) is 5.06. The molecule has 0 aliphatic rings. The first kappa shape index (κ1) is 21.6. The Morgan fingerprint density at radius 1 is 1.19 bits per heavy atom. The van der Waals surface area contributed by atoms with Crippen LogP contribution in [-0.4, -0.2) is 13.4 Å². The summed E-state index contributed by atoms with van der Waals surface area (Å²) in [5.41, 5.74) is 1.88. The number of pyridine rings is 1. The van der Waals surface area contributed by atoms with Crippen molar-refractivity contribution in [2.24, 2.45) is 0 Å². The number of fused-ring (bicyclic) bond motifs is 1. The minimum Gasteiger partial charge on any atom is -0.512 e. The van der Waals surface area contributed by atoms with Crippen LogP contribution in [0.25, 0.3) is 10.1 Å². The van der Waals surface area contributed by atoms with Gasteiger partial charge < -0.3 is 11.8 Å². The van der Waals surface area contributed by atoms with Crippen LogP contribution in [0.3, 0.4) is 0 Å². The van der Waals surface area contributed by atoms with Crippen molar-refractivity contribution in [1.29, 1.82) is 10.5 Å². The molecule has 1 aromatic carbocycles. The first-order valence-corrected chi connectivity index (χ1v) is 9.33. The molecule has 0 bridgehead atoms. The molecule has 26 heavy (non-hydrogen) atoms. The largest absolute Gasteiger partial charge is 1.00 e. The molecular formula is C17H13CuN4O2S2. The summed E-state index contributed by atoms with van der Waals surface area (Å²) >= 11 is 1.19. The smallest absolute Gasteiger partial charge is 0.512 e. The van der Waals surface area contributed by atoms with Gasteiger partial charge in [0, 0.05) is 10.4 Å². The summed E-state index contributed by atoms with van der Waals surface area (Å²) in [6.45, 7) is 8.30. The number of anilines is 1. The number of hydrogen-bond acceptors (Lipinski definition) is 6. The van der Waals surface area contributed by atoms with Gasteiger partial charge in [0.25, 0.3) is 10.0 Å². The van der Waals surface area contributed by atoms with E-state index in [1.54, 1.807) is 50.2 Å². The Labute approximate surface area is 166 Å². The second kappa shape index (κ2) is 8.79. The van der Waals surface area contributed by atoms with Crippen LogP contribution in [0.15, 0.2) is 40.6 Å². The van der Waals surface area contributed by atoms with Gasteiger partial charge in [-0.3, -0.25) is 4.72 Å². The van der Waals surface area contributed by atoms with Crippen molar-refractivity contribution in [3.63, 3.8) is 0 Å². The van der Waals surface area contributed by atoms with E-state index in [0.29, 0.717) is 16.9 Å². The number of rotatable bonds is 3. The molecule has 0 saturated heterocycles. The molecule has 6 nitrogen and oxygen atoms in total. The van der Waals surface area contributed by atoms with Gasteiger partial charge in [0.05, 0.1) is 11.6 Å². The zero-order chi connectivity index (χ0) is 18.6. The number of hydrogen-bond donors (Lipinski definition) is 1. The third-order valence-electron chi connectivity index (χ3n) is 3.39. The molecule has 0 amide bonds. The predicted molar refractivity (Wildman–Crippen MR) is 96.0 cm³/mol. The maximum absolute atomic E-state index is 12.7. The minimum atomic E-state index is -3.72. The number of sulfonamides is 1. The number of nitrogens with zero attached hydrogens (tertiary/aromatic N) is 3. The predicted octanol–water partition coefficient (Wildman–Crippen LogP) is 3.68. The normalized spacial score (nSPS) is 10.1. The summed E-state index contributed by atoms with van der Waals surface area (Å²) < 4.78 is 28.9. The molecule has 0 unspecified atom stereocenters. The number of nitriles is 1. The van der Waals surface area contributed by atoms with Gasteiger partial charge in [-0.05, 0) is 55.1 Å². The van der Waals surface area contributed by atoms with Crippen molar-refractivity contribution < 1.29 is 25.5 Å². The van der Waals surface area contributed by atoms with Crippen molar-refractivity contribution in [3.8, 4) is 6.07 Å². The van der Waals surface area contributed by atoms with E-state index in [2.05, 4.69) is 15.8 Å². The molecular weight excluding hydrogens is 420 g/mol. The number of nitrogens with one attached hydrogen (secondary N) is 1. The van der Waals surface area contributed by atoms with Gasteiger partial charge >= 0.3 is 17.1 Å². The number of aryl methyl sites for hydroxylation is 2. The fraction of sp³-hybridized carbons (Fsp3) is 0.118. The van der Waals surface area contributed by atoms with Crippen LogP contribution in [0.1, 0.15) is 16.8 Å². The summed E-state index contributed by atoms with van der Waals surface area (Å²) in [6.07, 6.45) is 0. The van der Waals surface area contributed by atoms with E-state index in [9.17, 15) is 8.42 Å². The average Bonchev–Trinajstić information content (AvgIpc) is 2.93. The van der Waals surface area contributed by atoms with Crippen molar-refractivity contribution in [2.45, 2.75) is 18.1 Å². The summed E-state index contributed by atoms with van der Waals surface area (Å²) in [5.74, 6) is 0.291. The quantitative estimate of drug-likeness (QED) is 0.501. The van der Waals surface area contributed by atoms with E-state index in [1.807, 2.05) is 0 Å². The van der Waals surface area contributed by atoms with Crippen LogP contribution >= 0.6 is 11.3 Å². The van der Waals surface area contributed by atoms with Crippen LogP contribution in [0.5, 0.6) is 0 Å². The first-order valence-electron chi connectivity index (χ1n) is 7.03. The Morgan fingerprint density at radius 3 is 2.50 bits per heavy atom. The van der Waals surface area contributed by atoms with Crippen LogP contribution in [0, 0.1) is 37.0 Å². The molecule has 9 heteroatoms. The van der Waals surface area contributed by atoms with E-state index in [4.69, 9.17) is 17.1 Å². The van der Waals surface area contributed by atoms with Crippen LogP contribution in [0.2, 0.25) is 0 Å². The first-order chi connectivity index (χ1) is 11.9. The topological polar surface area (TPSA) is 107 Å². The summed E-state index contributed by atoms with van der Waals surface area (Å²) in [6, 6.07) is 12.4. The summed E-state index contributed by atoms with van der Waals surface area (Å²) in [7, 11) is -3.72. The molecule has 0 saturated carbocycles. The molecule has 3 rings (SSSR count). The Hall–Kier alpha value is -2.42.